The van der Waals surface area contributed by atoms with Crippen molar-refractivity contribution >= 4 is 34.5 Å². The van der Waals surface area contributed by atoms with Crippen LogP contribution in [0, 0.1) is 6.92 Å². The minimum absolute atomic E-state index is 0.149. The van der Waals surface area contributed by atoms with E-state index in [9.17, 15) is 9.59 Å². The van der Waals surface area contributed by atoms with Gasteiger partial charge in [0.2, 0.25) is 5.91 Å². The highest BCUT2D eigenvalue weighted by Gasteiger charge is 2.12. The van der Waals surface area contributed by atoms with E-state index in [1.54, 1.807) is 55.6 Å². The monoisotopic (exact) mass is 447 g/mol. The van der Waals surface area contributed by atoms with Gasteiger partial charge >= 0.3 is 0 Å². The van der Waals surface area contributed by atoms with Gasteiger partial charge in [0, 0.05) is 22.3 Å². The largest absolute Gasteiger partial charge is 0.497 e. The van der Waals surface area contributed by atoms with E-state index in [-0.39, 0.29) is 18.2 Å². The molecule has 7 nitrogen and oxygen atoms in total. The van der Waals surface area contributed by atoms with Crippen molar-refractivity contribution in [2.45, 2.75) is 13.3 Å². The van der Waals surface area contributed by atoms with Crippen LogP contribution in [0.3, 0.4) is 0 Å². The molecule has 0 aliphatic rings. The van der Waals surface area contributed by atoms with Gasteiger partial charge in [-0.15, -0.1) is 11.3 Å². The lowest BCUT2D eigenvalue weighted by Crippen LogP contribution is -2.15. The number of nitrogens with zero attached hydrogens (tertiary/aromatic N) is 1. The molecule has 0 spiro atoms. The van der Waals surface area contributed by atoms with Crippen molar-refractivity contribution in [2.75, 3.05) is 17.7 Å². The van der Waals surface area contributed by atoms with E-state index in [1.807, 2.05) is 24.4 Å². The number of aryl methyl sites for hydroxylation is 1. The van der Waals surface area contributed by atoms with Crippen LogP contribution in [0.4, 0.5) is 11.4 Å². The van der Waals surface area contributed by atoms with E-state index >= 15 is 0 Å². The maximum Gasteiger partial charge on any atom is 0.255 e. The van der Waals surface area contributed by atoms with E-state index in [0.29, 0.717) is 34.1 Å². The van der Waals surface area contributed by atoms with Crippen molar-refractivity contribution in [1.29, 1.82) is 0 Å². The number of carbonyl (C=O) groups excluding carboxylic acids is 2. The first kappa shape index (κ1) is 21.3. The number of anilines is 2. The maximum absolute atomic E-state index is 12.4. The number of rotatable bonds is 7. The highest BCUT2D eigenvalue weighted by atomic mass is 32.1. The molecule has 0 aliphatic carbocycles. The average Bonchev–Trinajstić information content (AvgIpc) is 3.43. The zero-order chi connectivity index (χ0) is 22.5. The van der Waals surface area contributed by atoms with Crippen LogP contribution >= 0.6 is 11.3 Å². The number of nitrogens with one attached hydrogen (secondary N) is 2. The molecule has 2 amide bonds. The SMILES string of the molecule is COc1ccc(NC(=O)c2ccc(NC(=O)Cc3csc(-c4ccc(C)o4)n3)cc2)cc1. The normalized spacial score (nSPS) is 10.6. The van der Waals surface area contributed by atoms with Gasteiger partial charge in [0.1, 0.15) is 11.5 Å². The topological polar surface area (TPSA) is 93.5 Å². The summed E-state index contributed by atoms with van der Waals surface area (Å²) < 4.78 is 10.7. The summed E-state index contributed by atoms with van der Waals surface area (Å²) in [5.74, 6) is 1.80. The lowest BCUT2D eigenvalue weighted by molar-refractivity contribution is -0.115. The second kappa shape index (κ2) is 9.49. The fourth-order valence-electron chi connectivity index (χ4n) is 3.00. The summed E-state index contributed by atoms with van der Waals surface area (Å²) in [6.07, 6.45) is 0.149. The molecule has 2 aromatic carbocycles. The van der Waals surface area contributed by atoms with Crippen molar-refractivity contribution in [1.82, 2.24) is 4.98 Å². The predicted molar refractivity (Wildman–Crippen MR) is 124 cm³/mol. The van der Waals surface area contributed by atoms with Crippen LogP contribution in [0.2, 0.25) is 0 Å². The van der Waals surface area contributed by atoms with Gasteiger partial charge in [-0.1, -0.05) is 0 Å². The average molecular weight is 448 g/mol. The predicted octanol–water partition coefficient (Wildman–Crippen LogP) is 5.15. The summed E-state index contributed by atoms with van der Waals surface area (Å²) in [4.78, 5) is 29.3. The first-order chi connectivity index (χ1) is 15.5. The number of amides is 2. The molecule has 0 radical (unpaired) electrons. The van der Waals surface area contributed by atoms with E-state index < -0.39 is 0 Å². The molecule has 0 unspecified atom stereocenters. The number of thiazole rings is 1. The molecule has 2 heterocycles. The van der Waals surface area contributed by atoms with Crippen LogP contribution in [0.5, 0.6) is 5.75 Å². The number of furan rings is 1. The molecule has 0 bridgehead atoms. The van der Waals surface area contributed by atoms with Crippen LogP contribution in [0.1, 0.15) is 21.8 Å². The van der Waals surface area contributed by atoms with E-state index in [4.69, 9.17) is 9.15 Å². The van der Waals surface area contributed by atoms with Gasteiger partial charge in [0.25, 0.3) is 5.91 Å². The summed E-state index contributed by atoms with van der Waals surface area (Å²) in [5.41, 5.74) is 2.43. The van der Waals surface area contributed by atoms with Gasteiger partial charge in [0.05, 0.1) is 19.2 Å². The zero-order valence-electron chi connectivity index (χ0n) is 17.5. The number of benzene rings is 2. The molecule has 0 saturated carbocycles. The molecule has 8 heteroatoms. The quantitative estimate of drug-likeness (QED) is 0.408. The maximum atomic E-state index is 12.4. The molecular formula is C24H21N3O4S. The summed E-state index contributed by atoms with van der Waals surface area (Å²) >= 11 is 1.44. The number of carbonyl (C=O) groups is 2. The van der Waals surface area contributed by atoms with Gasteiger partial charge in [0.15, 0.2) is 10.8 Å². The first-order valence-electron chi connectivity index (χ1n) is 9.87. The number of aromatic nitrogens is 1. The molecule has 162 valence electrons. The van der Waals surface area contributed by atoms with Crippen LogP contribution < -0.4 is 15.4 Å². The lowest BCUT2D eigenvalue weighted by atomic mass is 10.2. The molecule has 0 atom stereocenters. The van der Waals surface area contributed by atoms with Gasteiger partial charge in [-0.2, -0.15) is 0 Å². The number of hydrogen-bond donors (Lipinski definition) is 2. The molecule has 2 aromatic heterocycles. The van der Waals surface area contributed by atoms with Crippen molar-refractivity contribution in [3.8, 4) is 16.5 Å². The number of methoxy groups -OCH3 is 1. The van der Waals surface area contributed by atoms with Crippen molar-refractivity contribution in [2.24, 2.45) is 0 Å². The molecule has 2 N–H and O–H groups in total. The van der Waals surface area contributed by atoms with Gasteiger partial charge in [-0.05, 0) is 67.6 Å². The van der Waals surface area contributed by atoms with E-state index in [1.165, 1.54) is 11.3 Å². The Kier molecular flexibility index (Phi) is 6.32. The third-order valence-electron chi connectivity index (χ3n) is 4.62. The number of ether oxygens (including phenoxy) is 1. The Hall–Kier alpha value is -3.91. The second-order valence-corrected chi connectivity index (χ2v) is 7.90. The Morgan fingerprint density at radius 2 is 1.66 bits per heavy atom. The molecule has 0 fully saturated rings. The number of hydrogen-bond acceptors (Lipinski definition) is 6. The summed E-state index contributed by atoms with van der Waals surface area (Å²) in [7, 11) is 1.59. The molecular weight excluding hydrogens is 426 g/mol. The fourth-order valence-corrected chi connectivity index (χ4v) is 3.78. The molecule has 0 saturated heterocycles. The third kappa shape index (κ3) is 5.22. The van der Waals surface area contributed by atoms with E-state index in [0.717, 1.165) is 10.8 Å². The molecule has 4 aromatic rings. The van der Waals surface area contributed by atoms with E-state index in [2.05, 4.69) is 15.6 Å². The highest BCUT2D eigenvalue weighted by Crippen LogP contribution is 2.26. The minimum atomic E-state index is -0.240. The Labute approximate surface area is 189 Å². The zero-order valence-corrected chi connectivity index (χ0v) is 18.4. The minimum Gasteiger partial charge on any atom is -0.497 e. The van der Waals surface area contributed by atoms with Crippen LogP contribution in [0.25, 0.3) is 10.8 Å². The van der Waals surface area contributed by atoms with Crippen molar-refractivity contribution < 1.29 is 18.7 Å². The summed E-state index contributed by atoms with van der Waals surface area (Å²) in [6, 6.07) is 17.5. The Bertz CT molecular complexity index is 1230. The lowest BCUT2D eigenvalue weighted by Gasteiger charge is -2.08. The van der Waals surface area contributed by atoms with Gasteiger partial charge in [-0.3, -0.25) is 9.59 Å². The summed E-state index contributed by atoms with van der Waals surface area (Å²) in [5, 5.41) is 8.24. The van der Waals surface area contributed by atoms with Crippen LogP contribution in [0.15, 0.2) is 70.5 Å². The molecule has 4 rings (SSSR count). The third-order valence-corrected chi connectivity index (χ3v) is 5.53. The Morgan fingerprint density at radius 1 is 0.969 bits per heavy atom. The second-order valence-electron chi connectivity index (χ2n) is 7.04. The molecule has 0 aliphatic heterocycles. The van der Waals surface area contributed by atoms with Crippen LogP contribution in [-0.4, -0.2) is 23.9 Å². The van der Waals surface area contributed by atoms with Crippen LogP contribution in [-0.2, 0) is 11.2 Å². The van der Waals surface area contributed by atoms with Crippen molar-refractivity contribution in [3.63, 3.8) is 0 Å². The smallest absolute Gasteiger partial charge is 0.255 e. The summed E-state index contributed by atoms with van der Waals surface area (Å²) in [6.45, 7) is 1.87. The van der Waals surface area contributed by atoms with Gasteiger partial charge < -0.3 is 19.8 Å². The Morgan fingerprint density at radius 3 is 2.31 bits per heavy atom. The highest BCUT2D eigenvalue weighted by molar-refractivity contribution is 7.13. The van der Waals surface area contributed by atoms with Crippen molar-refractivity contribution in [3.05, 3.63) is 83.1 Å². The van der Waals surface area contributed by atoms with Gasteiger partial charge in [-0.25, -0.2) is 4.98 Å². The standard InChI is InChI=1S/C24H21N3O4S/c1-15-3-12-21(31-15)24-27-19(14-32-24)13-22(28)25-17-6-4-16(5-7-17)23(29)26-18-8-10-20(30-2)11-9-18/h3-12,14H,13H2,1-2H3,(H,25,28)(H,26,29). The first-order valence-corrected chi connectivity index (χ1v) is 10.7. The molecule has 32 heavy (non-hydrogen) atoms. The Balaban J connectivity index is 1.32. The fraction of sp³-hybridized carbons (Fsp3) is 0.125.